The van der Waals surface area contributed by atoms with E-state index >= 15 is 0 Å². The summed E-state index contributed by atoms with van der Waals surface area (Å²) >= 11 is 0. The number of aromatic nitrogens is 3. The monoisotopic (exact) mass is 288 g/mol. The number of carboxylic acids is 1. The Morgan fingerprint density at radius 1 is 1.33 bits per heavy atom. The number of hydrogen-bond donors (Lipinski definition) is 1. The van der Waals surface area contributed by atoms with Gasteiger partial charge in [0, 0.05) is 18.8 Å². The Morgan fingerprint density at radius 2 is 2.14 bits per heavy atom. The van der Waals surface area contributed by atoms with Crippen molar-refractivity contribution in [1.82, 2.24) is 19.7 Å². The zero-order valence-electron chi connectivity index (χ0n) is 11.6. The molecule has 1 saturated heterocycles. The Balaban J connectivity index is 1.91. The summed E-state index contributed by atoms with van der Waals surface area (Å²) in [7, 11) is 0. The van der Waals surface area contributed by atoms with Gasteiger partial charge in [0.15, 0.2) is 0 Å². The maximum Gasteiger partial charge on any atom is 0.308 e. The first-order valence-electron chi connectivity index (χ1n) is 6.90. The average Bonchev–Trinajstić information content (AvgIpc) is 2.90. The highest BCUT2D eigenvalue weighted by molar-refractivity contribution is 6.00. The minimum absolute atomic E-state index is 0.0275. The van der Waals surface area contributed by atoms with E-state index in [4.69, 9.17) is 5.11 Å². The first-order valence-corrected chi connectivity index (χ1v) is 6.90. The molecular formula is C14H16N4O3. The summed E-state index contributed by atoms with van der Waals surface area (Å²) in [6.45, 7) is 2.19. The lowest BCUT2D eigenvalue weighted by Crippen LogP contribution is -2.47. The Bertz CT molecular complexity index is 696. The first-order chi connectivity index (χ1) is 10.1. The van der Waals surface area contributed by atoms with Crippen molar-refractivity contribution >= 4 is 17.4 Å². The number of rotatable bonds is 2. The van der Waals surface area contributed by atoms with Gasteiger partial charge < -0.3 is 10.0 Å². The topological polar surface area (TPSA) is 87.8 Å². The smallest absolute Gasteiger partial charge is 0.308 e. The summed E-state index contributed by atoms with van der Waals surface area (Å²) in [6.07, 6.45) is 4.39. The third-order valence-electron chi connectivity index (χ3n) is 4.03. The van der Waals surface area contributed by atoms with Gasteiger partial charge in [-0.1, -0.05) is 0 Å². The molecule has 1 aliphatic rings. The molecule has 0 aliphatic carbocycles. The van der Waals surface area contributed by atoms with Crippen molar-refractivity contribution in [3.8, 4) is 0 Å². The van der Waals surface area contributed by atoms with Gasteiger partial charge in [-0.25, -0.2) is 0 Å². The van der Waals surface area contributed by atoms with Crippen LogP contribution >= 0.6 is 0 Å². The summed E-state index contributed by atoms with van der Waals surface area (Å²) < 4.78 is 1.40. The van der Waals surface area contributed by atoms with Crippen molar-refractivity contribution in [1.29, 1.82) is 0 Å². The van der Waals surface area contributed by atoms with E-state index in [1.807, 2.05) is 6.92 Å². The average molecular weight is 288 g/mol. The minimum Gasteiger partial charge on any atom is -0.481 e. The number of hydrogen-bond acceptors (Lipinski definition) is 4. The molecule has 0 radical (unpaired) electrons. The van der Waals surface area contributed by atoms with Gasteiger partial charge in [0.2, 0.25) is 0 Å². The maximum absolute atomic E-state index is 12.7. The Labute approximate surface area is 121 Å². The molecule has 0 spiro atoms. The minimum atomic E-state index is -0.846. The predicted octanol–water partition coefficient (Wildman–Crippen LogP) is 1.05. The van der Waals surface area contributed by atoms with E-state index in [1.54, 1.807) is 23.2 Å². The fraction of sp³-hybridized carbons (Fsp3) is 0.429. The van der Waals surface area contributed by atoms with Crippen molar-refractivity contribution in [3.05, 3.63) is 30.1 Å². The van der Waals surface area contributed by atoms with Crippen LogP contribution in [0.1, 0.15) is 30.1 Å². The molecule has 2 atom stereocenters. The van der Waals surface area contributed by atoms with Gasteiger partial charge in [-0.3, -0.25) is 9.59 Å². The molecule has 1 fully saturated rings. The molecule has 1 amide bonds. The van der Waals surface area contributed by atoms with Crippen molar-refractivity contribution in [2.45, 2.75) is 25.8 Å². The van der Waals surface area contributed by atoms with Gasteiger partial charge in [0.1, 0.15) is 5.52 Å². The third-order valence-corrected chi connectivity index (χ3v) is 4.03. The number of carbonyl (C=O) groups excluding carboxylic acids is 1. The van der Waals surface area contributed by atoms with Gasteiger partial charge >= 0.3 is 5.97 Å². The fourth-order valence-electron chi connectivity index (χ4n) is 2.74. The summed E-state index contributed by atoms with van der Waals surface area (Å²) in [5.41, 5.74) is 1.09. The molecule has 0 bridgehead atoms. The maximum atomic E-state index is 12.7. The second-order valence-corrected chi connectivity index (χ2v) is 5.38. The van der Waals surface area contributed by atoms with Crippen LogP contribution in [-0.2, 0) is 4.79 Å². The zero-order valence-corrected chi connectivity index (χ0v) is 11.6. The van der Waals surface area contributed by atoms with Crippen LogP contribution in [0.4, 0.5) is 0 Å². The van der Waals surface area contributed by atoms with E-state index in [-0.39, 0.29) is 18.5 Å². The van der Waals surface area contributed by atoms with E-state index in [2.05, 4.69) is 10.2 Å². The molecule has 3 rings (SSSR count). The van der Waals surface area contributed by atoms with Crippen LogP contribution in [0, 0.1) is 5.92 Å². The van der Waals surface area contributed by atoms with E-state index in [1.165, 1.54) is 10.8 Å². The lowest BCUT2D eigenvalue weighted by molar-refractivity contribution is -0.143. The largest absolute Gasteiger partial charge is 0.481 e. The summed E-state index contributed by atoms with van der Waals surface area (Å²) in [6, 6.07) is 3.55. The number of carboxylic acid groups (broad SMARTS) is 1. The number of piperidine rings is 1. The van der Waals surface area contributed by atoms with E-state index in [0.717, 1.165) is 0 Å². The normalized spacial score (nSPS) is 22.4. The quantitative estimate of drug-likeness (QED) is 0.892. The Morgan fingerprint density at radius 3 is 2.90 bits per heavy atom. The number of aliphatic carboxylic acids is 1. The van der Waals surface area contributed by atoms with Gasteiger partial charge in [-0.15, -0.1) is 0 Å². The van der Waals surface area contributed by atoms with Crippen LogP contribution in [0.5, 0.6) is 0 Å². The molecule has 2 unspecified atom stereocenters. The van der Waals surface area contributed by atoms with E-state index in [0.29, 0.717) is 23.9 Å². The molecule has 1 aliphatic heterocycles. The zero-order chi connectivity index (χ0) is 15.0. The number of likely N-dealkylation sites (tertiary alicyclic amines) is 1. The van der Waals surface area contributed by atoms with Gasteiger partial charge in [-0.2, -0.15) is 14.8 Å². The molecule has 110 valence electrons. The van der Waals surface area contributed by atoms with E-state index < -0.39 is 11.9 Å². The number of carbonyl (C=O) groups is 2. The molecular weight excluding hydrogens is 272 g/mol. The van der Waals surface area contributed by atoms with Crippen LogP contribution in [0.2, 0.25) is 0 Å². The predicted molar refractivity (Wildman–Crippen MR) is 73.8 cm³/mol. The van der Waals surface area contributed by atoms with Crippen LogP contribution in [0.3, 0.4) is 0 Å². The summed E-state index contributed by atoms with van der Waals surface area (Å²) in [5, 5.41) is 17.2. The highest BCUT2D eigenvalue weighted by Gasteiger charge is 2.33. The van der Waals surface area contributed by atoms with Crippen LogP contribution in [0.15, 0.2) is 24.5 Å². The fourth-order valence-corrected chi connectivity index (χ4v) is 2.74. The molecule has 0 saturated carbocycles. The van der Waals surface area contributed by atoms with Crippen LogP contribution in [0.25, 0.3) is 5.52 Å². The van der Waals surface area contributed by atoms with E-state index in [9.17, 15) is 9.59 Å². The van der Waals surface area contributed by atoms with Crippen LogP contribution in [-0.4, -0.2) is 49.3 Å². The Kier molecular flexibility index (Phi) is 3.32. The number of fused-ring (bicyclic) bond motifs is 1. The summed E-state index contributed by atoms with van der Waals surface area (Å²) in [5.74, 6) is -1.53. The highest BCUT2D eigenvalue weighted by atomic mass is 16.4. The molecule has 0 aromatic carbocycles. The molecule has 3 heterocycles. The molecule has 21 heavy (non-hydrogen) atoms. The van der Waals surface area contributed by atoms with Crippen molar-refractivity contribution < 1.29 is 14.7 Å². The van der Waals surface area contributed by atoms with Crippen LogP contribution < -0.4 is 0 Å². The number of nitrogens with zero attached hydrogens (tertiary/aromatic N) is 4. The molecule has 7 heteroatoms. The first kappa shape index (κ1) is 13.5. The number of amides is 1. The third kappa shape index (κ3) is 2.35. The Hall–Kier alpha value is -2.44. The van der Waals surface area contributed by atoms with Gasteiger partial charge in [-0.05, 0) is 31.9 Å². The second-order valence-electron chi connectivity index (χ2n) is 5.38. The highest BCUT2D eigenvalue weighted by Crippen LogP contribution is 2.24. The van der Waals surface area contributed by atoms with Gasteiger partial charge in [0.25, 0.3) is 5.91 Å². The molecule has 7 nitrogen and oxygen atoms in total. The second kappa shape index (κ2) is 5.16. The molecule has 2 aromatic heterocycles. The van der Waals surface area contributed by atoms with Gasteiger partial charge in [0.05, 0.1) is 17.7 Å². The lowest BCUT2D eigenvalue weighted by atomic mass is 9.93. The SMILES string of the molecule is CC1CCC(C(=O)O)CN1C(=O)c1cnn2ncccc12. The molecule has 2 aromatic rings. The molecule has 1 N–H and O–H groups in total. The van der Waals surface area contributed by atoms with Crippen molar-refractivity contribution in [2.24, 2.45) is 5.92 Å². The standard InChI is InChI=1S/C14H16N4O3/c1-9-4-5-10(14(20)21)8-17(9)13(19)11-7-16-18-12(11)3-2-6-15-18/h2-3,6-7,9-10H,4-5,8H2,1H3,(H,20,21). The lowest BCUT2D eigenvalue weighted by Gasteiger charge is -2.36. The van der Waals surface area contributed by atoms with Crippen molar-refractivity contribution in [2.75, 3.05) is 6.54 Å². The van der Waals surface area contributed by atoms with Crippen molar-refractivity contribution in [3.63, 3.8) is 0 Å². The summed E-state index contributed by atoms with van der Waals surface area (Å²) in [4.78, 5) is 25.5.